The Morgan fingerprint density at radius 3 is 2.44 bits per heavy atom. The minimum atomic E-state index is -0.00235. The first-order valence-corrected chi connectivity index (χ1v) is 6.59. The van der Waals surface area contributed by atoms with E-state index >= 15 is 0 Å². The molecule has 1 aromatic rings. The number of rotatable bonds is 5. The zero-order valence-corrected chi connectivity index (χ0v) is 11.8. The number of hydrogen-bond acceptors (Lipinski definition) is 2. The Morgan fingerprint density at radius 2 is 1.94 bits per heavy atom. The first kappa shape index (κ1) is 13.5. The lowest BCUT2D eigenvalue weighted by atomic mass is 10.1. The van der Waals surface area contributed by atoms with Gasteiger partial charge in [-0.3, -0.25) is 0 Å². The molecule has 0 heterocycles. The van der Waals surface area contributed by atoms with Crippen LogP contribution in [0.2, 0.25) is 0 Å². The van der Waals surface area contributed by atoms with Crippen LogP contribution in [0, 0.1) is 0 Å². The van der Waals surface area contributed by atoms with Gasteiger partial charge in [0, 0.05) is 16.1 Å². The van der Waals surface area contributed by atoms with Crippen molar-refractivity contribution < 1.29 is 4.74 Å². The molecule has 2 nitrogen and oxygen atoms in total. The number of ether oxygens (including phenoxy) is 1. The Balaban J connectivity index is 2.95. The Kier molecular flexibility index (Phi) is 5.29. The fraction of sp³-hybridized carbons (Fsp3) is 0.538. The molecule has 0 aliphatic rings. The normalized spacial score (nSPS) is 12.9. The van der Waals surface area contributed by atoms with Gasteiger partial charge in [-0.25, -0.2) is 0 Å². The molecule has 16 heavy (non-hydrogen) atoms. The van der Waals surface area contributed by atoms with Gasteiger partial charge in [0.15, 0.2) is 0 Å². The molecule has 3 heteroatoms. The van der Waals surface area contributed by atoms with Crippen molar-refractivity contribution in [2.45, 2.75) is 45.8 Å². The quantitative estimate of drug-likeness (QED) is 0.886. The molecule has 0 aromatic heterocycles. The van der Waals surface area contributed by atoms with Crippen LogP contribution in [-0.4, -0.2) is 6.10 Å². The van der Waals surface area contributed by atoms with Crippen LogP contribution >= 0.6 is 15.9 Å². The summed E-state index contributed by atoms with van der Waals surface area (Å²) in [6.07, 6.45) is 2.30. The van der Waals surface area contributed by atoms with Crippen molar-refractivity contribution in [1.82, 2.24) is 0 Å². The predicted octanol–water partition coefficient (Wildman–Crippen LogP) is 4.04. The summed E-state index contributed by atoms with van der Waals surface area (Å²) in [6, 6.07) is 6.01. The van der Waals surface area contributed by atoms with Crippen molar-refractivity contribution in [2.75, 3.05) is 0 Å². The molecule has 0 amide bonds. The molecule has 0 spiro atoms. The third-order valence-electron chi connectivity index (χ3n) is 2.67. The van der Waals surface area contributed by atoms with E-state index in [1.807, 2.05) is 25.1 Å². The molecule has 2 N–H and O–H groups in total. The number of nitrogens with two attached hydrogens (primary N) is 1. The molecule has 1 rings (SSSR count). The molecule has 1 aromatic carbocycles. The van der Waals surface area contributed by atoms with Gasteiger partial charge in [0.2, 0.25) is 0 Å². The molecular weight excluding hydrogens is 266 g/mol. The highest BCUT2D eigenvalue weighted by Gasteiger charge is 2.12. The van der Waals surface area contributed by atoms with Gasteiger partial charge in [-0.1, -0.05) is 35.8 Å². The molecule has 0 bridgehead atoms. The lowest BCUT2D eigenvalue weighted by molar-refractivity contribution is 0.190. The first-order chi connectivity index (χ1) is 7.58. The van der Waals surface area contributed by atoms with Gasteiger partial charge in [-0.05, 0) is 31.9 Å². The Hall–Kier alpha value is -0.540. The van der Waals surface area contributed by atoms with Crippen LogP contribution in [-0.2, 0) is 0 Å². The number of benzene rings is 1. The maximum atomic E-state index is 5.98. The Bertz CT molecular complexity index is 335. The van der Waals surface area contributed by atoms with Crippen molar-refractivity contribution >= 4 is 15.9 Å². The summed E-state index contributed by atoms with van der Waals surface area (Å²) in [5, 5.41) is 0. The van der Waals surface area contributed by atoms with Gasteiger partial charge in [0.05, 0.1) is 6.10 Å². The van der Waals surface area contributed by atoms with E-state index in [1.54, 1.807) is 0 Å². The standard InChI is InChI=1S/C13H20BrNO/c1-4-11(5-2)16-13-8-10(14)6-7-12(13)9(3)15/h6-9,11H,4-5,15H2,1-3H3/t9-/m1/s1. The van der Waals surface area contributed by atoms with Gasteiger partial charge >= 0.3 is 0 Å². The molecular formula is C13H20BrNO. The molecule has 0 aliphatic heterocycles. The van der Waals surface area contributed by atoms with Crippen molar-refractivity contribution in [1.29, 1.82) is 0 Å². The lowest BCUT2D eigenvalue weighted by Gasteiger charge is -2.20. The second-order valence-corrected chi connectivity index (χ2v) is 4.94. The lowest BCUT2D eigenvalue weighted by Crippen LogP contribution is -2.16. The Labute approximate surface area is 106 Å². The van der Waals surface area contributed by atoms with E-state index in [2.05, 4.69) is 29.8 Å². The minimum Gasteiger partial charge on any atom is -0.490 e. The number of hydrogen-bond donors (Lipinski definition) is 1. The summed E-state index contributed by atoms with van der Waals surface area (Å²) in [6.45, 7) is 6.25. The SMILES string of the molecule is CCC(CC)Oc1cc(Br)ccc1[C@@H](C)N. The minimum absolute atomic E-state index is 0.00235. The van der Waals surface area contributed by atoms with E-state index < -0.39 is 0 Å². The molecule has 0 saturated heterocycles. The van der Waals surface area contributed by atoms with Gasteiger partial charge in [-0.2, -0.15) is 0 Å². The maximum Gasteiger partial charge on any atom is 0.125 e. The maximum absolute atomic E-state index is 5.98. The van der Waals surface area contributed by atoms with Crippen molar-refractivity contribution in [3.63, 3.8) is 0 Å². The van der Waals surface area contributed by atoms with E-state index in [9.17, 15) is 0 Å². The third kappa shape index (κ3) is 3.49. The molecule has 1 atom stereocenters. The van der Waals surface area contributed by atoms with E-state index in [-0.39, 0.29) is 12.1 Å². The average molecular weight is 286 g/mol. The van der Waals surface area contributed by atoms with Gasteiger partial charge in [-0.15, -0.1) is 0 Å². The van der Waals surface area contributed by atoms with Gasteiger partial charge in [0.1, 0.15) is 5.75 Å². The van der Waals surface area contributed by atoms with Crippen molar-refractivity contribution in [3.8, 4) is 5.75 Å². The fourth-order valence-electron chi connectivity index (χ4n) is 1.62. The highest BCUT2D eigenvalue weighted by Crippen LogP contribution is 2.29. The molecule has 0 saturated carbocycles. The smallest absolute Gasteiger partial charge is 0.125 e. The average Bonchev–Trinajstić information content (AvgIpc) is 2.25. The summed E-state index contributed by atoms with van der Waals surface area (Å²) in [4.78, 5) is 0. The topological polar surface area (TPSA) is 35.2 Å². The molecule has 90 valence electrons. The van der Waals surface area contributed by atoms with Gasteiger partial charge in [0.25, 0.3) is 0 Å². The van der Waals surface area contributed by atoms with Gasteiger partial charge < -0.3 is 10.5 Å². The van der Waals surface area contributed by atoms with Crippen LogP contribution < -0.4 is 10.5 Å². The van der Waals surface area contributed by atoms with Crippen molar-refractivity contribution in [2.24, 2.45) is 5.73 Å². The second-order valence-electron chi connectivity index (χ2n) is 4.03. The highest BCUT2D eigenvalue weighted by atomic mass is 79.9. The molecule has 0 fully saturated rings. The summed E-state index contributed by atoms with van der Waals surface area (Å²) in [5.41, 5.74) is 6.99. The predicted molar refractivity (Wildman–Crippen MR) is 71.7 cm³/mol. The highest BCUT2D eigenvalue weighted by molar-refractivity contribution is 9.10. The monoisotopic (exact) mass is 285 g/mol. The zero-order chi connectivity index (χ0) is 12.1. The third-order valence-corrected chi connectivity index (χ3v) is 3.16. The van der Waals surface area contributed by atoms with E-state index in [0.29, 0.717) is 0 Å². The van der Waals surface area contributed by atoms with Crippen LogP contribution in [0.4, 0.5) is 0 Å². The second kappa shape index (κ2) is 6.26. The molecule has 0 radical (unpaired) electrons. The van der Waals surface area contributed by atoms with E-state index in [4.69, 9.17) is 10.5 Å². The fourth-order valence-corrected chi connectivity index (χ4v) is 1.96. The molecule has 0 unspecified atom stereocenters. The van der Waals surface area contributed by atoms with Crippen LogP contribution in [0.3, 0.4) is 0 Å². The van der Waals surface area contributed by atoms with Crippen molar-refractivity contribution in [3.05, 3.63) is 28.2 Å². The van der Waals surface area contributed by atoms with E-state index in [1.165, 1.54) is 0 Å². The first-order valence-electron chi connectivity index (χ1n) is 5.80. The zero-order valence-electron chi connectivity index (χ0n) is 10.2. The summed E-state index contributed by atoms with van der Waals surface area (Å²) in [5.74, 6) is 0.901. The number of halogens is 1. The summed E-state index contributed by atoms with van der Waals surface area (Å²) < 4.78 is 7.00. The Morgan fingerprint density at radius 1 is 1.31 bits per heavy atom. The van der Waals surface area contributed by atoms with Crippen LogP contribution in [0.25, 0.3) is 0 Å². The summed E-state index contributed by atoms with van der Waals surface area (Å²) in [7, 11) is 0. The van der Waals surface area contributed by atoms with Crippen LogP contribution in [0.15, 0.2) is 22.7 Å². The molecule has 0 aliphatic carbocycles. The van der Waals surface area contributed by atoms with E-state index in [0.717, 1.165) is 28.6 Å². The van der Waals surface area contributed by atoms with Crippen LogP contribution in [0.5, 0.6) is 5.75 Å². The largest absolute Gasteiger partial charge is 0.490 e. The summed E-state index contributed by atoms with van der Waals surface area (Å²) >= 11 is 3.46. The van der Waals surface area contributed by atoms with Crippen LogP contribution in [0.1, 0.15) is 45.2 Å².